The SMILES string of the molecule is O=c1[nH]c(-c2ccc(-c3ccccc3)cc2)ncc1Br. The van der Waals surface area contributed by atoms with E-state index in [9.17, 15) is 4.79 Å². The van der Waals surface area contributed by atoms with E-state index in [-0.39, 0.29) is 5.56 Å². The Hall–Kier alpha value is -2.20. The molecule has 1 N–H and O–H groups in total. The number of aromatic amines is 1. The van der Waals surface area contributed by atoms with Gasteiger partial charge >= 0.3 is 0 Å². The molecule has 0 radical (unpaired) electrons. The summed E-state index contributed by atoms with van der Waals surface area (Å²) in [6.45, 7) is 0. The van der Waals surface area contributed by atoms with E-state index in [0.717, 1.165) is 16.7 Å². The van der Waals surface area contributed by atoms with Crippen LogP contribution in [0.15, 0.2) is 70.1 Å². The first-order valence-corrected chi connectivity index (χ1v) is 6.94. The minimum Gasteiger partial charge on any atom is -0.306 e. The van der Waals surface area contributed by atoms with Crippen LogP contribution in [0.1, 0.15) is 0 Å². The summed E-state index contributed by atoms with van der Waals surface area (Å²) in [5.41, 5.74) is 3.00. The van der Waals surface area contributed by atoms with Crippen LogP contribution < -0.4 is 5.56 Å². The molecule has 3 rings (SSSR count). The Balaban J connectivity index is 1.97. The highest BCUT2D eigenvalue weighted by molar-refractivity contribution is 9.10. The van der Waals surface area contributed by atoms with Crippen LogP contribution in [-0.2, 0) is 0 Å². The number of nitrogens with one attached hydrogen (secondary N) is 1. The standard InChI is InChI=1S/C16H11BrN2O/c17-14-10-18-15(19-16(14)20)13-8-6-12(7-9-13)11-4-2-1-3-5-11/h1-10H,(H,18,19,20). The lowest BCUT2D eigenvalue weighted by Crippen LogP contribution is -2.08. The van der Waals surface area contributed by atoms with E-state index in [2.05, 4.69) is 38.0 Å². The minimum absolute atomic E-state index is 0.179. The topological polar surface area (TPSA) is 45.8 Å². The molecular weight excluding hydrogens is 316 g/mol. The largest absolute Gasteiger partial charge is 0.306 e. The van der Waals surface area contributed by atoms with E-state index in [4.69, 9.17) is 0 Å². The van der Waals surface area contributed by atoms with Gasteiger partial charge in [-0.15, -0.1) is 0 Å². The van der Waals surface area contributed by atoms with Gasteiger partial charge in [0.05, 0.1) is 0 Å². The molecule has 3 aromatic rings. The molecule has 2 aromatic carbocycles. The minimum atomic E-state index is -0.179. The molecule has 1 heterocycles. The highest BCUT2D eigenvalue weighted by Crippen LogP contribution is 2.22. The van der Waals surface area contributed by atoms with Gasteiger partial charge in [0.25, 0.3) is 5.56 Å². The molecule has 0 aliphatic heterocycles. The van der Waals surface area contributed by atoms with E-state index >= 15 is 0 Å². The molecule has 0 fully saturated rings. The fourth-order valence-electron chi connectivity index (χ4n) is 1.98. The zero-order valence-corrected chi connectivity index (χ0v) is 12.1. The molecule has 1 aromatic heterocycles. The van der Waals surface area contributed by atoms with Crippen molar-refractivity contribution in [2.75, 3.05) is 0 Å². The molecule has 4 heteroatoms. The highest BCUT2D eigenvalue weighted by Gasteiger charge is 2.03. The number of nitrogens with zero attached hydrogens (tertiary/aromatic N) is 1. The zero-order chi connectivity index (χ0) is 13.9. The summed E-state index contributed by atoms with van der Waals surface area (Å²) in [4.78, 5) is 18.5. The monoisotopic (exact) mass is 326 g/mol. The van der Waals surface area contributed by atoms with Gasteiger partial charge in [-0.2, -0.15) is 0 Å². The predicted molar refractivity (Wildman–Crippen MR) is 83.4 cm³/mol. The summed E-state index contributed by atoms with van der Waals surface area (Å²) >= 11 is 3.14. The number of H-pyrrole nitrogens is 1. The van der Waals surface area contributed by atoms with Gasteiger partial charge in [-0.1, -0.05) is 54.6 Å². The predicted octanol–water partition coefficient (Wildman–Crippen LogP) is 3.87. The molecule has 0 saturated carbocycles. The second-order valence-corrected chi connectivity index (χ2v) is 5.21. The molecule has 0 unspecified atom stereocenters. The van der Waals surface area contributed by atoms with E-state index < -0.39 is 0 Å². The van der Waals surface area contributed by atoms with Crippen molar-refractivity contribution in [3.63, 3.8) is 0 Å². The lowest BCUT2D eigenvalue weighted by atomic mass is 10.0. The first-order chi connectivity index (χ1) is 9.74. The van der Waals surface area contributed by atoms with Gasteiger partial charge in [0.2, 0.25) is 0 Å². The Morgan fingerprint density at radius 2 is 1.45 bits per heavy atom. The number of aromatic nitrogens is 2. The van der Waals surface area contributed by atoms with Gasteiger partial charge in [0.1, 0.15) is 10.3 Å². The summed E-state index contributed by atoms with van der Waals surface area (Å²) < 4.78 is 0.433. The van der Waals surface area contributed by atoms with Gasteiger partial charge in [0, 0.05) is 11.8 Å². The average Bonchev–Trinajstić information content (AvgIpc) is 2.51. The first kappa shape index (κ1) is 12.8. The van der Waals surface area contributed by atoms with E-state index in [1.807, 2.05) is 42.5 Å². The lowest BCUT2D eigenvalue weighted by Gasteiger charge is -2.04. The van der Waals surface area contributed by atoms with Crippen molar-refractivity contribution in [1.29, 1.82) is 0 Å². The van der Waals surface area contributed by atoms with Crippen molar-refractivity contribution >= 4 is 15.9 Å². The Bertz CT molecular complexity index is 780. The second kappa shape index (κ2) is 5.43. The summed E-state index contributed by atoms with van der Waals surface area (Å²) in [7, 11) is 0. The second-order valence-electron chi connectivity index (χ2n) is 4.35. The Morgan fingerprint density at radius 1 is 0.850 bits per heavy atom. The maximum Gasteiger partial charge on any atom is 0.265 e. The smallest absolute Gasteiger partial charge is 0.265 e. The Kier molecular flexibility index (Phi) is 3.48. The van der Waals surface area contributed by atoms with Crippen LogP contribution in [0.5, 0.6) is 0 Å². The van der Waals surface area contributed by atoms with Crippen molar-refractivity contribution in [3.05, 3.63) is 75.6 Å². The highest BCUT2D eigenvalue weighted by atomic mass is 79.9. The van der Waals surface area contributed by atoms with Gasteiger partial charge in [-0.05, 0) is 27.1 Å². The summed E-state index contributed by atoms with van der Waals surface area (Å²) in [5, 5.41) is 0. The average molecular weight is 327 g/mol. The molecular formula is C16H11BrN2O. The number of rotatable bonds is 2. The van der Waals surface area contributed by atoms with Crippen LogP contribution in [-0.4, -0.2) is 9.97 Å². The van der Waals surface area contributed by atoms with Crippen molar-refractivity contribution in [3.8, 4) is 22.5 Å². The van der Waals surface area contributed by atoms with Gasteiger partial charge in [-0.25, -0.2) is 4.98 Å². The third-order valence-electron chi connectivity index (χ3n) is 3.02. The first-order valence-electron chi connectivity index (χ1n) is 6.15. The van der Waals surface area contributed by atoms with E-state index in [0.29, 0.717) is 10.3 Å². The number of hydrogen-bond donors (Lipinski definition) is 1. The zero-order valence-electron chi connectivity index (χ0n) is 10.5. The number of benzene rings is 2. The maximum atomic E-state index is 11.6. The van der Waals surface area contributed by atoms with Crippen LogP contribution in [0.4, 0.5) is 0 Å². The Labute approximate surface area is 124 Å². The van der Waals surface area contributed by atoms with Crippen molar-refractivity contribution in [2.45, 2.75) is 0 Å². The van der Waals surface area contributed by atoms with Crippen molar-refractivity contribution in [2.24, 2.45) is 0 Å². The summed E-state index contributed by atoms with van der Waals surface area (Å²) in [6, 6.07) is 18.1. The van der Waals surface area contributed by atoms with E-state index in [1.165, 1.54) is 6.20 Å². The molecule has 0 atom stereocenters. The molecule has 0 spiro atoms. The van der Waals surface area contributed by atoms with Crippen molar-refractivity contribution < 1.29 is 0 Å². The normalized spacial score (nSPS) is 10.4. The number of hydrogen-bond acceptors (Lipinski definition) is 2. The van der Waals surface area contributed by atoms with Crippen LogP contribution in [0.2, 0.25) is 0 Å². The van der Waals surface area contributed by atoms with Crippen LogP contribution >= 0.6 is 15.9 Å². The third-order valence-corrected chi connectivity index (χ3v) is 3.59. The fraction of sp³-hybridized carbons (Fsp3) is 0. The lowest BCUT2D eigenvalue weighted by molar-refractivity contribution is 1.11. The van der Waals surface area contributed by atoms with Crippen LogP contribution in [0, 0.1) is 0 Å². The van der Waals surface area contributed by atoms with Gasteiger partial charge < -0.3 is 4.98 Å². The molecule has 98 valence electrons. The molecule has 0 bridgehead atoms. The number of halogens is 1. The van der Waals surface area contributed by atoms with E-state index in [1.54, 1.807) is 0 Å². The molecule has 20 heavy (non-hydrogen) atoms. The molecule has 0 amide bonds. The molecule has 0 aliphatic carbocycles. The quantitative estimate of drug-likeness (QED) is 0.777. The molecule has 3 nitrogen and oxygen atoms in total. The maximum absolute atomic E-state index is 11.6. The molecule has 0 aliphatic rings. The van der Waals surface area contributed by atoms with Gasteiger partial charge in [-0.3, -0.25) is 4.79 Å². The van der Waals surface area contributed by atoms with Crippen molar-refractivity contribution in [1.82, 2.24) is 9.97 Å². The third kappa shape index (κ3) is 2.56. The summed E-state index contributed by atoms with van der Waals surface area (Å²) in [6.07, 6.45) is 1.51. The molecule has 0 saturated heterocycles. The van der Waals surface area contributed by atoms with Crippen LogP contribution in [0.3, 0.4) is 0 Å². The fourth-order valence-corrected chi connectivity index (χ4v) is 2.18. The van der Waals surface area contributed by atoms with Gasteiger partial charge in [0.15, 0.2) is 0 Å². The van der Waals surface area contributed by atoms with Crippen LogP contribution in [0.25, 0.3) is 22.5 Å². The summed E-state index contributed by atoms with van der Waals surface area (Å²) in [5.74, 6) is 0.567. The Morgan fingerprint density at radius 3 is 2.10 bits per heavy atom.